The molecule has 0 spiro atoms. The number of ether oxygens (including phenoxy) is 2. The Morgan fingerprint density at radius 3 is 2.95 bits per heavy atom. The smallest absolute Gasteiger partial charge is 0.145 e. The summed E-state index contributed by atoms with van der Waals surface area (Å²) in [6.07, 6.45) is 2.91. The van der Waals surface area contributed by atoms with Crippen LogP contribution in [0.1, 0.15) is 13.3 Å². The van der Waals surface area contributed by atoms with E-state index in [-0.39, 0.29) is 6.10 Å². The Balaban J connectivity index is 1.88. The zero-order valence-corrected chi connectivity index (χ0v) is 12.1. The number of fused-ring (bicyclic) bond motifs is 1. The zero-order chi connectivity index (χ0) is 14.2. The summed E-state index contributed by atoms with van der Waals surface area (Å²) in [7, 11) is 1.72. The van der Waals surface area contributed by atoms with E-state index in [1.807, 2.05) is 30.3 Å². The van der Waals surface area contributed by atoms with Gasteiger partial charge >= 0.3 is 0 Å². The van der Waals surface area contributed by atoms with Crippen molar-refractivity contribution in [3.63, 3.8) is 0 Å². The molecule has 1 unspecified atom stereocenters. The summed E-state index contributed by atoms with van der Waals surface area (Å²) in [5.74, 6) is 0.842. The largest absolute Gasteiger partial charge is 0.487 e. The molecule has 1 N–H and O–H groups in total. The van der Waals surface area contributed by atoms with Crippen molar-refractivity contribution in [1.29, 1.82) is 0 Å². The predicted octanol–water partition coefficient (Wildman–Crippen LogP) is 2.63. The van der Waals surface area contributed by atoms with Crippen LogP contribution in [0.15, 0.2) is 36.5 Å². The fraction of sp³-hybridized carbons (Fsp3) is 0.438. The molecule has 1 aromatic carbocycles. The Labute approximate surface area is 120 Å². The lowest BCUT2D eigenvalue weighted by Crippen LogP contribution is -2.30. The van der Waals surface area contributed by atoms with Crippen LogP contribution in [0, 0.1) is 0 Å². The third-order valence-corrected chi connectivity index (χ3v) is 3.06. The van der Waals surface area contributed by atoms with Gasteiger partial charge in [-0.15, -0.1) is 0 Å². The lowest BCUT2D eigenvalue weighted by Gasteiger charge is -2.16. The number of hydrogen-bond donors (Lipinski definition) is 1. The minimum Gasteiger partial charge on any atom is -0.487 e. The van der Waals surface area contributed by atoms with Crippen molar-refractivity contribution in [2.45, 2.75) is 19.4 Å². The first-order valence-corrected chi connectivity index (χ1v) is 7.01. The van der Waals surface area contributed by atoms with Gasteiger partial charge in [0.25, 0.3) is 0 Å². The molecule has 20 heavy (non-hydrogen) atoms. The van der Waals surface area contributed by atoms with Crippen molar-refractivity contribution in [2.75, 3.05) is 26.8 Å². The van der Waals surface area contributed by atoms with E-state index < -0.39 is 0 Å². The van der Waals surface area contributed by atoms with Gasteiger partial charge in [0.2, 0.25) is 0 Å². The van der Waals surface area contributed by atoms with Crippen molar-refractivity contribution < 1.29 is 9.47 Å². The summed E-state index contributed by atoms with van der Waals surface area (Å²) in [4.78, 5) is 4.39. The molecule has 0 radical (unpaired) electrons. The molecule has 1 atom stereocenters. The average Bonchev–Trinajstić information content (AvgIpc) is 2.47. The van der Waals surface area contributed by atoms with E-state index in [9.17, 15) is 0 Å². The molecule has 0 aliphatic rings. The van der Waals surface area contributed by atoms with Gasteiger partial charge in [-0.1, -0.05) is 18.2 Å². The minimum absolute atomic E-state index is 0.102. The van der Waals surface area contributed by atoms with Crippen LogP contribution in [0.5, 0.6) is 5.75 Å². The van der Waals surface area contributed by atoms with Crippen LogP contribution in [0.3, 0.4) is 0 Å². The Hall–Kier alpha value is -1.65. The van der Waals surface area contributed by atoms with Crippen LogP contribution in [-0.4, -0.2) is 37.9 Å². The van der Waals surface area contributed by atoms with E-state index in [1.54, 1.807) is 13.3 Å². The number of nitrogens with one attached hydrogen (secondary N) is 1. The molecule has 0 amide bonds. The van der Waals surface area contributed by atoms with Gasteiger partial charge < -0.3 is 14.8 Å². The van der Waals surface area contributed by atoms with Crippen molar-refractivity contribution in [3.05, 3.63) is 36.5 Å². The summed E-state index contributed by atoms with van der Waals surface area (Å²) < 4.78 is 11.0. The monoisotopic (exact) mass is 274 g/mol. The summed E-state index contributed by atoms with van der Waals surface area (Å²) >= 11 is 0. The molecule has 4 heteroatoms. The van der Waals surface area contributed by atoms with Crippen LogP contribution in [0.2, 0.25) is 0 Å². The molecule has 0 saturated heterocycles. The van der Waals surface area contributed by atoms with Crippen molar-refractivity contribution in [3.8, 4) is 5.75 Å². The number of para-hydroxylation sites is 1. The van der Waals surface area contributed by atoms with Gasteiger partial charge in [-0.05, 0) is 32.0 Å². The lowest BCUT2D eigenvalue weighted by molar-refractivity contribution is 0.188. The summed E-state index contributed by atoms with van der Waals surface area (Å²) in [5.41, 5.74) is 0.918. The first-order valence-electron chi connectivity index (χ1n) is 7.01. The third kappa shape index (κ3) is 4.18. The maximum atomic E-state index is 5.98. The van der Waals surface area contributed by atoms with E-state index in [1.165, 1.54) is 0 Å². The zero-order valence-electron chi connectivity index (χ0n) is 12.1. The van der Waals surface area contributed by atoms with Gasteiger partial charge in [-0.3, -0.25) is 4.98 Å². The van der Waals surface area contributed by atoms with E-state index in [2.05, 4.69) is 17.2 Å². The SMILES string of the molecule is COCCCNCC(C)Oc1cccc2cccnc12. The lowest BCUT2D eigenvalue weighted by atomic mass is 10.2. The molecule has 0 saturated carbocycles. The second-order valence-electron chi connectivity index (χ2n) is 4.81. The molecule has 4 nitrogen and oxygen atoms in total. The predicted molar refractivity (Wildman–Crippen MR) is 81.2 cm³/mol. The Bertz CT molecular complexity index is 525. The molecule has 0 fully saturated rings. The van der Waals surface area contributed by atoms with Gasteiger partial charge in [0.15, 0.2) is 0 Å². The second kappa shape index (κ2) is 7.82. The Kier molecular flexibility index (Phi) is 5.77. The van der Waals surface area contributed by atoms with E-state index in [0.29, 0.717) is 0 Å². The quantitative estimate of drug-likeness (QED) is 0.752. The third-order valence-electron chi connectivity index (χ3n) is 3.06. The van der Waals surface area contributed by atoms with E-state index >= 15 is 0 Å². The average molecular weight is 274 g/mol. The summed E-state index contributed by atoms with van der Waals surface area (Å²) in [6, 6.07) is 9.99. The van der Waals surface area contributed by atoms with Gasteiger partial charge in [-0.2, -0.15) is 0 Å². The summed E-state index contributed by atoms with van der Waals surface area (Å²) in [5, 5.41) is 4.46. The van der Waals surface area contributed by atoms with Crippen molar-refractivity contribution in [1.82, 2.24) is 10.3 Å². The molecule has 1 aromatic heterocycles. The molecule has 2 rings (SSSR count). The van der Waals surface area contributed by atoms with Gasteiger partial charge in [0.05, 0.1) is 0 Å². The van der Waals surface area contributed by atoms with Crippen LogP contribution in [-0.2, 0) is 4.74 Å². The van der Waals surface area contributed by atoms with Crippen molar-refractivity contribution >= 4 is 10.9 Å². The maximum Gasteiger partial charge on any atom is 0.145 e. The molecular weight excluding hydrogens is 252 g/mol. The number of benzene rings is 1. The molecule has 0 aliphatic carbocycles. The topological polar surface area (TPSA) is 43.4 Å². The fourth-order valence-corrected chi connectivity index (χ4v) is 2.08. The highest BCUT2D eigenvalue weighted by atomic mass is 16.5. The Morgan fingerprint density at radius 1 is 1.25 bits per heavy atom. The van der Waals surface area contributed by atoms with Crippen LogP contribution in [0.25, 0.3) is 10.9 Å². The number of aromatic nitrogens is 1. The van der Waals surface area contributed by atoms with Crippen LogP contribution >= 0.6 is 0 Å². The van der Waals surface area contributed by atoms with E-state index in [4.69, 9.17) is 9.47 Å². The summed E-state index contributed by atoms with van der Waals surface area (Å²) in [6.45, 7) is 4.60. The normalized spacial score (nSPS) is 12.5. The number of rotatable bonds is 8. The maximum absolute atomic E-state index is 5.98. The highest BCUT2D eigenvalue weighted by Crippen LogP contribution is 2.23. The number of nitrogens with zero attached hydrogens (tertiary/aromatic N) is 1. The first kappa shape index (κ1) is 14.8. The first-order chi connectivity index (χ1) is 9.81. The van der Waals surface area contributed by atoms with Crippen LogP contribution in [0.4, 0.5) is 0 Å². The van der Waals surface area contributed by atoms with Gasteiger partial charge in [0, 0.05) is 31.8 Å². The van der Waals surface area contributed by atoms with E-state index in [0.717, 1.165) is 42.8 Å². The minimum atomic E-state index is 0.102. The second-order valence-corrected chi connectivity index (χ2v) is 4.81. The number of hydrogen-bond acceptors (Lipinski definition) is 4. The number of methoxy groups -OCH3 is 1. The highest BCUT2D eigenvalue weighted by Gasteiger charge is 2.07. The van der Waals surface area contributed by atoms with Gasteiger partial charge in [-0.25, -0.2) is 0 Å². The van der Waals surface area contributed by atoms with Gasteiger partial charge in [0.1, 0.15) is 17.4 Å². The molecule has 1 heterocycles. The van der Waals surface area contributed by atoms with Crippen LogP contribution < -0.4 is 10.1 Å². The molecule has 108 valence electrons. The van der Waals surface area contributed by atoms with Crippen molar-refractivity contribution in [2.24, 2.45) is 0 Å². The highest BCUT2D eigenvalue weighted by molar-refractivity contribution is 5.84. The Morgan fingerprint density at radius 2 is 2.10 bits per heavy atom. The fourth-order valence-electron chi connectivity index (χ4n) is 2.08. The number of pyridine rings is 1. The molecule has 0 bridgehead atoms. The molecule has 2 aromatic rings. The molecular formula is C16H22N2O2. The molecule has 0 aliphatic heterocycles. The standard InChI is InChI=1S/C16H22N2O2/c1-13(12-17-9-5-11-19-2)20-15-8-3-6-14-7-4-10-18-16(14)15/h3-4,6-8,10,13,17H,5,9,11-12H2,1-2H3.